The van der Waals surface area contributed by atoms with Gasteiger partial charge in [0.25, 0.3) is 0 Å². The Kier molecular flexibility index (Phi) is 8.50. The Hall–Kier alpha value is -0.420. The fourth-order valence-electron chi connectivity index (χ4n) is 1.91. The van der Waals surface area contributed by atoms with Crippen molar-refractivity contribution < 1.29 is 19.1 Å². The highest BCUT2D eigenvalue weighted by Gasteiger charge is 2.48. The average molecular weight is 337 g/mol. The fourth-order valence-corrected chi connectivity index (χ4v) is 2.31. The molecule has 112 valence electrons. The van der Waals surface area contributed by atoms with Gasteiger partial charge in [-0.3, -0.25) is 4.79 Å². The second-order valence-electron chi connectivity index (χ2n) is 5.19. The molecule has 0 radical (unpaired) electrons. The molecule has 5 heteroatoms. The molecule has 1 atom stereocenters. The molecule has 0 aliphatic carbocycles. The van der Waals surface area contributed by atoms with E-state index in [9.17, 15) is 9.59 Å². The summed E-state index contributed by atoms with van der Waals surface area (Å²) in [4.78, 5) is 22.8. The molecule has 0 bridgehead atoms. The summed E-state index contributed by atoms with van der Waals surface area (Å²) in [6, 6.07) is 0. The van der Waals surface area contributed by atoms with E-state index in [1.54, 1.807) is 6.92 Å². The SMILES string of the molecule is CCOC(=O)C(C)(CCCCBr)C(C)(C)OCC=O. The van der Waals surface area contributed by atoms with Crippen molar-refractivity contribution in [1.82, 2.24) is 0 Å². The van der Waals surface area contributed by atoms with E-state index < -0.39 is 11.0 Å². The molecule has 0 aromatic carbocycles. The van der Waals surface area contributed by atoms with Crippen LogP contribution in [0.4, 0.5) is 0 Å². The van der Waals surface area contributed by atoms with Crippen LogP contribution in [-0.4, -0.2) is 36.4 Å². The summed E-state index contributed by atoms with van der Waals surface area (Å²) in [6.45, 7) is 7.64. The van der Waals surface area contributed by atoms with Gasteiger partial charge in [0, 0.05) is 5.33 Å². The zero-order chi connectivity index (χ0) is 14.9. The molecule has 0 spiro atoms. The number of carbonyl (C=O) groups excluding carboxylic acids is 2. The minimum absolute atomic E-state index is 0.0135. The van der Waals surface area contributed by atoms with Crippen molar-refractivity contribution in [3.05, 3.63) is 0 Å². The van der Waals surface area contributed by atoms with Crippen molar-refractivity contribution in [2.75, 3.05) is 18.5 Å². The van der Waals surface area contributed by atoms with E-state index in [4.69, 9.17) is 9.47 Å². The Balaban J connectivity index is 5.00. The number of unbranched alkanes of at least 4 members (excludes halogenated alkanes) is 1. The number of ether oxygens (including phenoxy) is 2. The summed E-state index contributed by atoms with van der Waals surface area (Å²) in [7, 11) is 0. The number of rotatable bonds is 10. The molecule has 0 aromatic heterocycles. The highest BCUT2D eigenvalue weighted by Crippen LogP contribution is 2.40. The quantitative estimate of drug-likeness (QED) is 0.266. The molecule has 0 rings (SSSR count). The van der Waals surface area contributed by atoms with Gasteiger partial charge in [0.1, 0.15) is 12.9 Å². The lowest BCUT2D eigenvalue weighted by atomic mass is 9.71. The first kappa shape index (κ1) is 18.6. The van der Waals surface area contributed by atoms with Crippen LogP contribution in [0.5, 0.6) is 0 Å². The number of aldehydes is 1. The Morgan fingerprint density at radius 2 is 1.89 bits per heavy atom. The molecular weight excluding hydrogens is 312 g/mol. The summed E-state index contributed by atoms with van der Waals surface area (Å²) < 4.78 is 10.7. The van der Waals surface area contributed by atoms with Gasteiger partial charge in [0.05, 0.1) is 17.6 Å². The van der Waals surface area contributed by atoms with Crippen LogP contribution in [-0.2, 0) is 19.1 Å². The summed E-state index contributed by atoms with van der Waals surface area (Å²) in [5, 5.41) is 0.904. The van der Waals surface area contributed by atoms with E-state index in [1.165, 1.54) is 0 Å². The maximum absolute atomic E-state index is 12.3. The normalized spacial score (nSPS) is 14.8. The van der Waals surface area contributed by atoms with Crippen LogP contribution in [0.15, 0.2) is 0 Å². The minimum Gasteiger partial charge on any atom is -0.465 e. The van der Waals surface area contributed by atoms with Crippen molar-refractivity contribution >= 4 is 28.2 Å². The van der Waals surface area contributed by atoms with Gasteiger partial charge in [-0.25, -0.2) is 0 Å². The molecule has 0 N–H and O–H groups in total. The number of carbonyl (C=O) groups is 2. The first-order valence-electron chi connectivity index (χ1n) is 6.66. The molecule has 0 aliphatic heterocycles. The van der Waals surface area contributed by atoms with Crippen molar-refractivity contribution in [2.45, 2.75) is 52.6 Å². The summed E-state index contributed by atoms with van der Waals surface area (Å²) in [6.07, 6.45) is 3.25. The van der Waals surface area contributed by atoms with E-state index in [0.717, 1.165) is 18.2 Å². The van der Waals surface area contributed by atoms with Crippen LogP contribution < -0.4 is 0 Å². The number of hydrogen-bond acceptors (Lipinski definition) is 4. The van der Waals surface area contributed by atoms with E-state index in [0.29, 0.717) is 19.3 Å². The van der Waals surface area contributed by atoms with Crippen LogP contribution in [0, 0.1) is 5.41 Å². The molecule has 0 amide bonds. The number of alkyl halides is 1. The standard InChI is InChI=1S/C14H25BrO4/c1-5-18-12(17)14(4,8-6-7-9-15)13(2,3)19-11-10-16/h10H,5-9,11H2,1-4H3. The van der Waals surface area contributed by atoms with Crippen LogP contribution in [0.25, 0.3) is 0 Å². The average Bonchev–Trinajstić information content (AvgIpc) is 2.36. The zero-order valence-corrected chi connectivity index (χ0v) is 13.9. The predicted molar refractivity (Wildman–Crippen MR) is 78.5 cm³/mol. The fraction of sp³-hybridized carbons (Fsp3) is 0.857. The van der Waals surface area contributed by atoms with Crippen molar-refractivity contribution in [3.63, 3.8) is 0 Å². The largest absolute Gasteiger partial charge is 0.465 e. The third-order valence-electron chi connectivity index (χ3n) is 3.63. The van der Waals surface area contributed by atoms with Gasteiger partial charge in [-0.05, 0) is 40.5 Å². The van der Waals surface area contributed by atoms with Crippen molar-refractivity contribution in [2.24, 2.45) is 5.41 Å². The zero-order valence-electron chi connectivity index (χ0n) is 12.3. The first-order valence-corrected chi connectivity index (χ1v) is 7.78. The second kappa shape index (κ2) is 8.69. The molecule has 4 nitrogen and oxygen atoms in total. The first-order chi connectivity index (χ1) is 8.85. The lowest BCUT2D eigenvalue weighted by Crippen LogP contribution is -2.50. The van der Waals surface area contributed by atoms with Gasteiger partial charge in [-0.15, -0.1) is 0 Å². The lowest BCUT2D eigenvalue weighted by molar-refractivity contribution is -0.178. The monoisotopic (exact) mass is 336 g/mol. The van der Waals surface area contributed by atoms with E-state index in [1.807, 2.05) is 20.8 Å². The summed E-state index contributed by atoms with van der Waals surface area (Å²) in [5.74, 6) is -0.263. The summed E-state index contributed by atoms with van der Waals surface area (Å²) in [5.41, 5.74) is -1.50. The van der Waals surface area contributed by atoms with E-state index in [2.05, 4.69) is 15.9 Å². The topological polar surface area (TPSA) is 52.6 Å². The van der Waals surface area contributed by atoms with Crippen molar-refractivity contribution in [3.8, 4) is 0 Å². The Morgan fingerprint density at radius 1 is 1.26 bits per heavy atom. The van der Waals surface area contributed by atoms with E-state index >= 15 is 0 Å². The molecule has 1 unspecified atom stereocenters. The molecular formula is C14H25BrO4. The molecule has 0 heterocycles. The van der Waals surface area contributed by atoms with E-state index in [-0.39, 0.29) is 12.6 Å². The van der Waals surface area contributed by atoms with Gasteiger partial charge in [-0.2, -0.15) is 0 Å². The highest BCUT2D eigenvalue weighted by molar-refractivity contribution is 9.09. The molecule has 0 aromatic rings. The van der Waals surface area contributed by atoms with Gasteiger partial charge in [0.2, 0.25) is 0 Å². The Labute approximate surface area is 124 Å². The Bertz CT molecular complexity index is 291. The smallest absolute Gasteiger partial charge is 0.314 e. The third-order valence-corrected chi connectivity index (χ3v) is 4.19. The maximum atomic E-state index is 12.3. The Morgan fingerprint density at radius 3 is 2.37 bits per heavy atom. The molecule has 0 saturated heterocycles. The lowest BCUT2D eigenvalue weighted by Gasteiger charge is -2.41. The molecule has 19 heavy (non-hydrogen) atoms. The molecule has 0 aliphatic rings. The molecule has 0 fully saturated rings. The second-order valence-corrected chi connectivity index (χ2v) is 5.98. The maximum Gasteiger partial charge on any atom is 0.314 e. The van der Waals surface area contributed by atoms with Gasteiger partial charge in [0.15, 0.2) is 0 Å². The number of halogens is 1. The minimum atomic E-state index is -0.756. The number of esters is 1. The number of hydrogen-bond donors (Lipinski definition) is 0. The van der Waals surface area contributed by atoms with Crippen molar-refractivity contribution in [1.29, 1.82) is 0 Å². The van der Waals surface area contributed by atoms with Crippen LogP contribution >= 0.6 is 15.9 Å². The van der Waals surface area contributed by atoms with Gasteiger partial charge < -0.3 is 14.3 Å². The van der Waals surface area contributed by atoms with Crippen LogP contribution in [0.3, 0.4) is 0 Å². The third kappa shape index (κ3) is 5.22. The summed E-state index contributed by atoms with van der Waals surface area (Å²) >= 11 is 3.38. The van der Waals surface area contributed by atoms with Crippen LogP contribution in [0.2, 0.25) is 0 Å². The van der Waals surface area contributed by atoms with Crippen LogP contribution in [0.1, 0.15) is 47.0 Å². The predicted octanol–water partition coefficient (Wildman–Crippen LogP) is 3.12. The van der Waals surface area contributed by atoms with Gasteiger partial charge >= 0.3 is 5.97 Å². The van der Waals surface area contributed by atoms with Gasteiger partial charge in [-0.1, -0.05) is 22.4 Å². The molecule has 0 saturated carbocycles. The highest BCUT2D eigenvalue weighted by atomic mass is 79.9.